The van der Waals surface area contributed by atoms with Gasteiger partial charge in [-0.2, -0.15) is 0 Å². The van der Waals surface area contributed by atoms with E-state index in [0.717, 1.165) is 11.4 Å². The molecule has 1 heterocycles. The number of anilines is 1. The van der Waals surface area contributed by atoms with Crippen molar-refractivity contribution in [1.82, 2.24) is 4.98 Å². The SMILES string of the molecule is CN(c1ncc(CO)cc1Cl)C1CCC1. The van der Waals surface area contributed by atoms with Crippen LogP contribution >= 0.6 is 11.6 Å². The van der Waals surface area contributed by atoms with Gasteiger partial charge in [-0.1, -0.05) is 11.6 Å². The molecule has 1 fully saturated rings. The Morgan fingerprint density at radius 1 is 1.60 bits per heavy atom. The zero-order valence-electron chi connectivity index (χ0n) is 8.78. The fourth-order valence-corrected chi connectivity index (χ4v) is 2.09. The van der Waals surface area contributed by atoms with E-state index in [4.69, 9.17) is 16.7 Å². The molecule has 0 aromatic carbocycles. The van der Waals surface area contributed by atoms with E-state index in [1.807, 2.05) is 7.05 Å². The monoisotopic (exact) mass is 226 g/mol. The molecule has 0 amide bonds. The summed E-state index contributed by atoms with van der Waals surface area (Å²) < 4.78 is 0. The molecule has 0 unspecified atom stereocenters. The lowest BCUT2D eigenvalue weighted by molar-refractivity contribution is 0.281. The molecule has 2 rings (SSSR count). The minimum Gasteiger partial charge on any atom is -0.392 e. The van der Waals surface area contributed by atoms with Gasteiger partial charge in [0.1, 0.15) is 5.82 Å². The molecule has 1 N–H and O–H groups in total. The minimum atomic E-state index is -0.0137. The average molecular weight is 227 g/mol. The fraction of sp³-hybridized carbons (Fsp3) is 0.545. The molecule has 3 nitrogen and oxygen atoms in total. The van der Waals surface area contributed by atoms with Crippen LogP contribution in [0.1, 0.15) is 24.8 Å². The van der Waals surface area contributed by atoms with Crippen molar-refractivity contribution in [2.24, 2.45) is 0 Å². The molecule has 1 aliphatic rings. The highest BCUT2D eigenvalue weighted by molar-refractivity contribution is 6.33. The number of aliphatic hydroxyl groups excluding tert-OH is 1. The first-order valence-electron chi connectivity index (χ1n) is 5.20. The summed E-state index contributed by atoms with van der Waals surface area (Å²) in [5.74, 6) is 0.818. The van der Waals surface area contributed by atoms with Crippen LogP contribution in [0.25, 0.3) is 0 Å². The van der Waals surface area contributed by atoms with Crippen LogP contribution in [0.3, 0.4) is 0 Å². The van der Waals surface area contributed by atoms with Gasteiger partial charge < -0.3 is 10.0 Å². The highest BCUT2D eigenvalue weighted by Gasteiger charge is 2.24. The normalized spacial score (nSPS) is 16.2. The first kappa shape index (κ1) is 10.7. The summed E-state index contributed by atoms with van der Waals surface area (Å²) in [6.45, 7) is -0.0137. The number of halogens is 1. The minimum absolute atomic E-state index is 0.0137. The zero-order chi connectivity index (χ0) is 10.8. The largest absolute Gasteiger partial charge is 0.392 e. The van der Waals surface area contributed by atoms with Crippen LogP contribution in [-0.2, 0) is 6.61 Å². The Morgan fingerprint density at radius 2 is 2.33 bits per heavy atom. The van der Waals surface area contributed by atoms with Gasteiger partial charge in [0.25, 0.3) is 0 Å². The third kappa shape index (κ3) is 2.08. The molecular weight excluding hydrogens is 212 g/mol. The molecule has 15 heavy (non-hydrogen) atoms. The van der Waals surface area contributed by atoms with Crippen LogP contribution in [0, 0.1) is 0 Å². The van der Waals surface area contributed by atoms with Gasteiger partial charge >= 0.3 is 0 Å². The molecule has 1 aliphatic carbocycles. The summed E-state index contributed by atoms with van der Waals surface area (Å²) in [4.78, 5) is 6.42. The lowest BCUT2D eigenvalue weighted by Gasteiger charge is -2.35. The Balaban J connectivity index is 2.19. The summed E-state index contributed by atoms with van der Waals surface area (Å²) in [6, 6.07) is 2.36. The van der Waals surface area contributed by atoms with Gasteiger partial charge in [0, 0.05) is 19.3 Å². The molecule has 1 aromatic heterocycles. The molecule has 1 aromatic rings. The molecular formula is C11H15ClN2O. The summed E-state index contributed by atoms with van der Waals surface area (Å²) in [6.07, 6.45) is 5.41. The second-order valence-electron chi connectivity index (χ2n) is 4.00. The summed E-state index contributed by atoms with van der Waals surface area (Å²) in [5.41, 5.74) is 0.755. The van der Waals surface area contributed by atoms with Crippen LogP contribution in [0.15, 0.2) is 12.3 Å². The van der Waals surface area contributed by atoms with Crippen LogP contribution in [0.4, 0.5) is 5.82 Å². The molecule has 0 atom stereocenters. The van der Waals surface area contributed by atoms with Gasteiger partial charge in [-0.25, -0.2) is 4.98 Å². The standard InChI is InChI=1S/C11H15ClN2O/c1-14(9-3-2-4-9)11-10(12)5-8(7-15)6-13-11/h5-6,9,15H,2-4,7H2,1H3. The van der Waals surface area contributed by atoms with Crippen molar-refractivity contribution >= 4 is 17.4 Å². The van der Waals surface area contributed by atoms with Crippen LogP contribution in [0.2, 0.25) is 5.02 Å². The number of hydrogen-bond donors (Lipinski definition) is 1. The molecule has 4 heteroatoms. The quantitative estimate of drug-likeness (QED) is 0.859. The van der Waals surface area contributed by atoms with E-state index in [-0.39, 0.29) is 6.61 Å². The maximum atomic E-state index is 8.95. The first-order valence-corrected chi connectivity index (χ1v) is 5.58. The van der Waals surface area contributed by atoms with Crippen molar-refractivity contribution in [3.8, 4) is 0 Å². The number of nitrogens with zero attached hydrogens (tertiary/aromatic N) is 2. The lowest BCUT2D eigenvalue weighted by atomic mass is 9.92. The van der Waals surface area contributed by atoms with Gasteiger partial charge in [0.2, 0.25) is 0 Å². The van der Waals surface area contributed by atoms with E-state index in [9.17, 15) is 0 Å². The van der Waals surface area contributed by atoms with E-state index in [1.165, 1.54) is 19.3 Å². The van der Waals surface area contributed by atoms with Crippen molar-refractivity contribution < 1.29 is 5.11 Å². The Morgan fingerprint density at radius 3 is 2.80 bits per heavy atom. The van der Waals surface area contributed by atoms with E-state index in [2.05, 4.69) is 9.88 Å². The lowest BCUT2D eigenvalue weighted by Crippen LogP contribution is -2.37. The maximum absolute atomic E-state index is 8.95. The van der Waals surface area contributed by atoms with Gasteiger partial charge in [-0.15, -0.1) is 0 Å². The van der Waals surface area contributed by atoms with E-state index in [1.54, 1.807) is 12.3 Å². The Hall–Kier alpha value is -0.800. The number of aromatic nitrogens is 1. The van der Waals surface area contributed by atoms with Gasteiger partial charge in [0.05, 0.1) is 11.6 Å². The second-order valence-corrected chi connectivity index (χ2v) is 4.41. The second kappa shape index (κ2) is 4.37. The molecule has 0 saturated heterocycles. The van der Waals surface area contributed by atoms with Crippen molar-refractivity contribution in [1.29, 1.82) is 0 Å². The first-order chi connectivity index (χ1) is 7.22. The van der Waals surface area contributed by atoms with Gasteiger partial charge in [-0.3, -0.25) is 0 Å². The predicted octanol–water partition coefficient (Wildman–Crippen LogP) is 2.22. The Bertz CT molecular complexity index is 352. The highest BCUT2D eigenvalue weighted by Crippen LogP contribution is 2.31. The molecule has 0 aliphatic heterocycles. The van der Waals surface area contributed by atoms with Crippen molar-refractivity contribution in [3.05, 3.63) is 22.8 Å². The summed E-state index contributed by atoms with van der Waals surface area (Å²) in [5, 5.41) is 9.57. The fourth-order valence-electron chi connectivity index (χ4n) is 1.76. The zero-order valence-corrected chi connectivity index (χ0v) is 9.54. The molecule has 0 bridgehead atoms. The van der Waals surface area contributed by atoms with Gasteiger partial charge in [0.15, 0.2) is 0 Å². The topological polar surface area (TPSA) is 36.4 Å². The molecule has 82 valence electrons. The Kier molecular flexibility index (Phi) is 3.12. The van der Waals surface area contributed by atoms with Crippen molar-refractivity contribution in [2.45, 2.75) is 31.9 Å². The summed E-state index contributed by atoms with van der Waals surface area (Å²) in [7, 11) is 2.02. The number of hydrogen-bond acceptors (Lipinski definition) is 3. The number of rotatable bonds is 3. The van der Waals surface area contributed by atoms with Crippen molar-refractivity contribution in [3.63, 3.8) is 0 Å². The number of aliphatic hydroxyl groups is 1. The smallest absolute Gasteiger partial charge is 0.147 e. The van der Waals surface area contributed by atoms with Crippen LogP contribution in [-0.4, -0.2) is 23.2 Å². The van der Waals surface area contributed by atoms with E-state index < -0.39 is 0 Å². The van der Waals surface area contributed by atoms with Crippen LogP contribution in [0.5, 0.6) is 0 Å². The van der Waals surface area contributed by atoms with E-state index >= 15 is 0 Å². The van der Waals surface area contributed by atoms with Crippen LogP contribution < -0.4 is 4.90 Å². The molecule has 0 spiro atoms. The van der Waals surface area contributed by atoms with Crippen molar-refractivity contribution in [2.75, 3.05) is 11.9 Å². The highest BCUT2D eigenvalue weighted by atomic mass is 35.5. The van der Waals surface area contributed by atoms with E-state index in [0.29, 0.717) is 11.1 Å². The predicted molar refractivity (Wildman–Crippen MR) is 61.2 cm³/mol. The third-order valence-electron chi connectivity index (χ3n) is 3.02. The average Bonchev–Trinajstić information content (AvgIpc) is 2.14. The van der Waals surface area contributed by atoms with Gasteiger partial charge in [-0.05, 0) is 30.9 Å². The molecule has 0 radical (unpaired) electrons. The Labute approximate surface area is 94.7 Å². The third-order valence-corrected chi connectivity index (χ3v) is 3.30. The maximum Gasteiger partial charge on any atom is 0.147 e. The summed E-state index contributed by atoms with van der Waals surface area (Å²) >= 11 is 6.11. The number of pyridine rings is 1. The molecule has 1 saturated carbocycles.